The van der Waals surface area contributed by atoms with Gasteiger partial charge in [0, 0.05) is 19.1 Å². The maximum atomic E-state index is 12.0. The highest BCUT2D eigenvalue weighted by Gasteiger charge is 2.25. The highest BCUT2D eigenvalue weighted by Crippen LogP contribution is 2.20. The molecule has 0 aromatic carbocycles. The Labute approximate surface area is 118 Å². The maximum Gasteiger partial charge on any atom is 0.263 e. The van der Waals surface area contributed by atoms with E-state index in [2.05, 4.69) is 29.0 Å². The summed E-state index contributed by atoms with van der Waals surface area (Å²) in [7, 11) is 0. The average molecular weight is 282 g/mol. The van der Waals surface area contributed by atoms with Gasteiger partial charge in [-0.2, -0.15) is 0 Å². The summed E-state index contributed by atoms with van der Waals surface area (Å²) in [5, 5.41) is 3.46. The van der Waals surface area contributed by atoms with Gasteiger partial charge in [0.1, 0.15) is 4.88 Å². The van der Waals surface area contributed by atoms with Crippen LogP contribution in [0.1, 0.15) is 35.6 Å². The van der Waals surface area contributed by atoms with Crippen LogP contribution in [0.4, 0.5) is 5.13 Å². The number of carbonyl (C=O) groups excluding carboxylic acids is 1. The maximum absolute atomic E-state index is 12.0. The molecule has 0 radical (unpaired) electrons. The van der Waals surface area contributed by atoms with Crippen LogP contribution in [0.25, 0.3) is 0 Å². The smallest absolute Gasteiger partial charge is 0.263 e. The summed E-state index contributed by atoms with van der Waals surface area (Å²) in [6.45, 7) is 9.18. The number of nitrogens with two attached hydrogens (primary N) is 1. The molecule has 0 bridgehead atoms. The molecule has 1 aromatic heterocycles. The van der Waals surface area contributed by atoms with E-state index in [1.54, 1.807) is 0 Å². The Bertz CT molecular complexity index is 457. The first-order chi connectivity index (χ1) is 8.97. The standard InChI is InChI=1S/C13H22N4OS/c1-8(2)17-5-4-10(7-17)6-15-12(18)11-9(3)16-13(14)19-11/h8,10H,4-7H2,1-3H3,(H2,14,16)(H,15,18). The number of nitrogen functional groups attached to an aromatic ring is 1. The van der Waals surface area contributed by atoms with Crippen LogP contribution in [0.15, 0.2) is 0 Å². The largest absolute Gasteiger partial charge is 0.375 e. The summed E-state index contributed by atoms with van der Waals surface area (Å²) in [6, 6.07) is 0.587. The van der Waals surface area contributed by atoms with Crippen molar-refractivity contribution in [3.8, 4) is 0 Å². The van der Waals surface area contributed by atoms with Gasteiger partial charge in [-0.3, -0.25) is 4.79 Å². The third kappa shape index (κ3) is 3.45. The van der Waals surface area contributed by atoms with Gasteiger partial charge in [0.05, 0.1) is 5.69 Å². The lowest BCUT2D eigenvalue weighted by Gasteiger charge is -2.20. The number of aromatic nitrogens is 1. The zero-order valence-corrected chi connectivity index (χ0v) is 12.6. The van der Waals surface area contributed by atoms with Crippen LogP contribution in [0.2, 0.25) is 0 Å². The van der Waals surface area contributed by atoms with Gasteiger partial charge in [0.25, 0.3) is 5.91 Å². The molecule has 1 unspecified atom stereocenters. The van der Waals surface area contributed by atoms with Crippen LogP contribution in [0.5, 0.6) is 0 Å². The van der Waals surface area contributed by atoms with Crippen molar-refractivity contribution in [2.24, 2.45) is 5.92 Å². The summed E-state index contributed by atoms with van der Waals surface area (Å²) in [5.41, 5.74) is 6.33. The van der Waals surface area contributed by atoms with Crippen molar-refractivity contribution in [1.82, 2.24) is 15.2 Å². The van der Waals surface area contributed by atoms with Crippen LogP contribution in [0.3, 0.4) is 0 Å². The molecule has 3 N–H and O–H groups in total. The van der Waals surface area contributed by atoms with Crippen LogP contribution in [0, 0.1) is 12.8 Å². The average Bonchev–Trinajstić information content (AvgIpc) is 2.93. The van der Waals surface area contributed by atoms with Gasteiger partial charge in [0.2, 0.25) is 0 Å². The van der Waals surface area contributed by atoms with E-state index >= 15 is 0 Å². The van der Waals surface area contributed by atoms with Crippen molar-refractivity contribution < 1.29 is 4.79 Å². The number of anilines is 1. The minimum Gasteiger partial charge on any atom is -0.375 e. The summed E-state index contributed by atoms with van der Waals surface area (Å²) in [5.74, 6) is 0.506. The Morgan fingerprint density at radius 2 is 2.37 bits per heavy atom. The number of rotatable bonds is 4. The molecule has 5 nitrogen and oxygen atoms in total. The highest BCUT2D eigenvalue weighted by molar-refractivity contribution is 7.17. The van der Waals surface area contributed by atoms with Crippen molar-refractivity contribution in [1.29, 1.82) is 0 Å². The van der Waals surface area contributed by atoms with Gasteiger partial charge in [-0.25, -0.2) is 4.98 Å². The molecule has 1 aliphatic rings. The van der Waals surface area contributed by atoms with E-state index in [1.807, 2.05) is 6.92 Å². The number of carbonyl (C=O) groups is 1. The molecule has 19 heavy (non-hydrogen) atoms. The van der Waals surface area contributed by atoms with Gasteiger partial charge in [0.15, 0.2) is 5.13 Å². The molecular weight excluding hydrogens is 260 g/mol. The van der Waals surface area contributed by atoms with Gasteiger partial charge in [-0.05, 0) is 39.7 Å². The van der Waals surface area contributed by atoms with Gasteiger partial charge in [-0.1, -0.05) is 11.3 Å². The predicted molar refractivity (Wildman–Crippen MR) is 78.4 cm³/mol. The zero-order chi connectivity index (χ0) is 14.0. The van der Waals surface area contributed by atoms with Crippen molar-refractivity contribution in [3.63, 3.8) is 0 Å². The summed E-state index contributed by atoms with van der Waals surface area (Å²) in [6.07, 6.45) is 1.16. The lowest BCUT2D eigenvalue weighted by molar-refractivity contribution is 0.0950. The van der Waals surface area contributed by atoms with Gasteiger partial charge >= 0.3 is 0 Å². The SMILES string of the molecule is Cc1nc(N)sc1C(=O)NCC1CCN(C(C)C)C1. The number of likely N-dealkylation sites (tertiary alicyclic amines) is 1. The zero-order valence-electron chi connectivity index (χ0n) is 11.8. The Hall–Kier alpha value is -1.14. The monoisotopic (exact) mass is 282 g/mol. The van der Waals surface area contributed by atoms with E-state index < -0.39 is 0 Å². The molecule has 106 valence electrons. The minimum atomic E-state index is -0.0466. The molecular formula is C13H22N4OS. The quantitative estimate of drug-likeness (QED) is 0.878. The van der Waals surface area contributed by atoms with Crippen LogP contribution >= 0.6 is 11.3 Å². The Morgan fingerprint density at radius 3 is 2.89 bits per heavy atom. The number of amides is 1. The van der Waals surface area contributed by atoms with Crippen molar-refractivity contribution in [2.45, 2.75) is 33.2 Å². The molecule has 6 heteroatoms. The second-order valence-electron chi connectivity index (χ2n) is 5.42. The predicted octanol–water partition coefficient (Wildman–Crippen LogP) is 1.49. The fourth-order valence-electron chi connectivity index (χ4n) is 2.44. The molecule has 0 spiro atoms. The molecule has 1 fully saturated rings. The Balaban J connectivity index is 1.83. The number of nitrogens with one attached hydrogen (secondary N) is 1. The van der Waals surface area contributed by atoms with Crippen molar-refractivity contribution in [2.75, 3.05) is 25.4 Å². The van der Waals surface area contributed by atoms with Crippen molar-refractivity contribution >= 4 is 22.4 Å². The summed E-state index contributed by atoms with van der Waals surface area (Å²) >= 11 is 1.25. The first-order valence-electron chi connectivity index (χ1n) is 6.72. The topological polar surface area (TPSA) is 71.2 Å². The molecule has 0 saturated carbocycles. The Kier molecular flexibility index (Phi) is 4.42. The fourth-order valence-corrected chi connectivity index (χ4v) is 3.19. The van der Waals surface area contributed by atoms with Gasteiger partial charge < -0.3 is 16.0 Å². The molecule has 1 amide bonds. The van der Waals surface area contributed by atoms with Gasteiger partial charge in [-0.15, -0.1) is 0 Å². The van der Waals surface area contributed by atoms with Crippen LogP contribution in [-0.4, -0.2) is 41.5 Å². The van der Waals surface area contributed by atoms with E-state index in [9.17, 15) is 4.79 Å². The molecule has 0 aliphatic carbocycles. The third-order valence-corrected chi connectivity index (χ3v) is 4.60. The molecule has 1 atom stereocenters. The van der Waals surface area contributed by atoms with E-state index in [0.29, 0.717) is 22.0 Å². The molecule has 2 heterocycles. The first kappa shape index (κ1) is 14.3. The van der Waals surface area contributed by atoms with Crippen molar-refractivity contribution in [3.05, 3.63) is 10.6 Å². The number of aryl methyl sites for hydroxylation is 1. The first-order valence-corrected chi connectivity index (χ1v) is 7.54. The van der Waals surface area contributed by atoms with E-state index in [-0.39, 0.29) is 5.91 Å². The highest BCUT2D eigenvalue weighted by atomic mass is 32.1. The summed E-state index contributed by atoms with van der Waals surface area (Å²) < 4.78 is 0. The lowest BCUT2D eigenvalue weighted by Crippen LogP contribution is -2.32. The van der Waals surface area contributed by atoms with Crippen LogP contribution in [-0.2, 0) is 0 Å². The minimum absolute atomic E-state index is 0.0466. The fraction of sp³-hybridized carbons (Fsp3) is 0.692. The Morgan fingerprint density at radius 1 is 1.63 bits per heavy atom. The summed E-state index contributed by atoms with van der Waals surface area (Å²) in [4.78, 5) is 19.2. The lowest BCUT2D eigenvalue weighted by atomic mass is 10.1. The second kappa shape index (κ2) is 5.88. The molecule has 1 saturated heterocycles. The second-order valence-corrected chi connectivity index (χ2v) is 6.45. The third-order valence-electron chi connectivity index (χ3n) is 3.62. The number of nitrogens with zero attached hydrogens (tertiary/aromatic N) is 2. The normalized spacial score (nSPS) is 20.1. The molecule has 1 aromatic rings. The van der Waals surface area contributed by atoms with E-state index in [1.165, 1.54) is 11.3 Å². The molecule has 1 aliphatic heterocycles. The number of thiazole rings is 1. The van der Waals surface area contributed by atoms with E-state index in [0.717, 1.165) is 31.7 Å². The van der Waals surface area contributed by atoms with E-state index in [4.69, 9.17) is 5.73 Å². The number of hydrogen-bond donors (Lipinski definition) is 2. The van der Waals surface area contributed by atoms with Crippen LogP contribution < -0.4 is 11.1 Å². The number of hydrogen-bond acceptors (Lipinski definition) is 5. The molecule has 2 rings (SSSR count).